The third-order valence-corrected chi connectivity index (χ3v) is 2.76. The Morgan fingerprint density at radius 1 is 1.05 bits per heavy atom. The zero-order valence-corrected chi connectivity index (χ0v) is 13.0. The first kappa shape index (κ1) is 17.0. The number of hydrogen-bond donors (Lipinski definition) is 0. The quantitative estimate of drug-likeness (QED) is 0.748. The van der Waals surface area contributed by atoms with E-state index in [0.717, 1.165) is 12.1 Å². The van der Waals surface area contributed by atoms with Crippen molar-refractivity contribution >= 4 is 12.1 Å². The summed E-state index contributed by atoms with van der Waals surface area (Å²) in [4.78, 5) is 26.1. The molecule has 0 unspecified atom stereocenters. The van der Waals surface area contributed by atoms with Crippen LogP contribution in [0.1, 0.15) is 12.5 Å². The fourth-order valence-electron chi connectivity index (χ4n) is 1.46. The molecule has 0 radical (unpaired) electrons. The summed E-state index contributed by atoms with van der Waals surface area (Å²) in [6, 6.07) is 6.86. The average molecular weight is 294 g/mol. The zero-order valence-electron chi connectivity index (χ0n) is 13.0. The number of likely N-dealkylation sites (N-methyl/N-ethyl adjacent to an activating group) is 2. The molecule has 0 aliphatic rings. The molecule has 0 spiro atoms. The molecular weight excluding hydrogens is 272 g/mol. The molecule has 0 atom stereocenters. The fourth-order valence-corrected chi connectivity index (χ4v) is 1.46. The molecule has 0 aromatic heterocycles. The molecule has 1 aromatic rings. The van der Waals surface area contributed by atoms with Crippen LogP contribution in [-0.2, 0) is 16.1 Å². The molecule has 0 saturated carbocycles. The van der Waals surface area contributed by atoms with E-state index in [-0.39, 0.29) is 12.6 Å². The van der Waals surface area contributed by atoms with Crippen molar-refractivity contribution in [1.82, 2.24) is 9.80 Å². The highest BCUT2D eigenvalue weighted by atomic mass is 16.6. The molecule has 0 bridgehead atoms. The normalized spacial score (nSPS) is 10.3. The topological polar surface area (TPSA) is 59.1 Å². The molecule has 6 nitrogen and oxygen atoms in total. The molecule has 1 amide bonds. The minimum absolute atomic E-state index is 0.215. The maximum atomic E-state index is 11.8. The van der Waals surface area contributed by atoms with Crippen LogP contribution in [0.4, 0.5) is 4.79 Å². The van der Waals surface area contributed by atoms with Gasteiger partial charge in [-0.25, -0.2) is 4.79 Å². The lowest BCUT2D eigenvalue weighted by Gasteiger charge is -2.19. The summed E-state index contributed by atoms with van der Waals surface area (Å²) in [5.74, 6) is 0.135. The summed E-state index contributed by atoms with van der Waals surface area (Å²) in [6.07, 6.45) is -0.399. The SMILES string of the molecule is CC(=O)OCc1ccc(OC(=O)N(C)CCN(C)C)cc1. The molecule has 21 heavy (non-hydrogen) atoms. The van der Waals surface area contributed by atoms with Crippen LogP contribution in [0, 0.1) is 0 Å². The van der Waals surface area contributed by atoms with E-state index in [1.165, 1.54) is 11.8 Å². The van der Waals surface area contributed by atoms with E-state index in [9.17, 15) is 9.59 Å². The van der Waals surface area contributed by atoms with Gasteiger partial charge >= 0.3 is 12.1 Å². The molecule has 0 saturated heterocycles. The molecule has 1 rings (SSSR count). The number of rotatable bonds is 6. The van der Waals surface area contributed by atoms with Gasteiger partial charge in [-0.1, -0.05) is 12.1 Å². The number of esters is 1. The number of ether oxygens (including phenoxy) is 2. The molecule has 116 valence electrons. The second-order valence-corrected chi connectivity index (χ2v) is 5.02. The van der Waals surface area contributed by atoms with Crippen molar-refractivity contribution in [2.24, 2.45) is 0 Å². The Bertz CT molecular complexity index is 471. The molecule has 0 N–H and O–H groups in total. The minimum atomic E-state index is -0.399. The van der Waals surface area contributed by atoms with Gasteiger partial charge in [-0.15, -0.1) is 0 Å². The van der Waals surface area contributed by atoms with E-state index in [2.05, 4.69) is 0 Å². The highest BCUT2D eigenvalue weighted by molar-refractivity contribution is 5.70. The van der Waals surface area contributed by atoms with Crippen LogP contribution in [-0.4, -0.2) is 56.1 Å². The van der Waals surface area contributed by atoms with E-state index in [4.69, 9.17) is 9.47 Å². The van der Waals surface area contributed by atoms with Crippen LogP contribution in [0.5, 0.6) is 5.75 Å². The Balaban J connectivity index is 2.47. The maximum absolute atomic E-state index is 11.8. The summed E-state index contributed by atoms with van der Waals surface area (Å²) in [7, 11) is 5.59. The number of carbonyl (C=O) groups is 2. The van der Waals surface area contributed by atoms with Crippen molar-refractivity contribution in [3.05, 3.63) is 29.8 Å². The predicted molar refractivity (Wildman–Crippen MR) is 79.1 cm³/mol. The van der Waals surface area contributed by atoms with Crippen LogP contribution in [0.2, 0.25) is 0 Å². The smallest absolute Gasteiger partial charge is 0.415 e. The van der Waals surface area contributed by atoms with E-state index in [1.807, 2.05) is 19.0 Å². The number of benzene rings is 1. The molecule has 0 aliphatic heterocycles. The average Bonchev–Trinajstić information content (AvgIpc) is 2.43. The summed E-state index contributed by atoms with van der Waals surface area (Å²) in [6.45, 7) is 2.94. The van der Waals surface area contributed by atoms with Crippen molar-refractivity contribution in [3.63, 3.8) is 0 Å². The first-order valence-corrected chi connectivity index (χ1v) is 6.68. The molecule has 0 fully saturated rings. The Kier molecular flexibility index (Phi) is 6.68. The van der Waals surface area contributed by atoms with Gasteiger partial charge < -0.3 is 19.3 Å². The van der Waals surface area contributed by atoms with Gasteiger partial charge in [0.25, 0.3) is 0 Å². The Morgan fingerprint density at radius 3 is 2.19 bits per heavy atom. The van der Waals surface area contributed by atoms with Gasteiger partial charge in [0.15, 0.2) is 0 Å². The second kappa shape index (κ2) is 8.26. The second-order valence-electron chi connectivity index (χ2n) is 5.02. The first-order valence-electron chi connectivity index (χ1n) is 6.68. The van der Waals surface area contributed by atoms with Gasteiger partial charge in [0.2, 0.25) is 0 Å². The van der Waals surface area contributed by atoms with Crippen LogP contribution >= 0.6 is 0 Å². The first-order chi connectivity index (χ1) is 9.88. The van der Waals surface area contributed by atoms with Gasteiger partial charge in [-0.3, -0.25) is 4.79 Å². The lowest BCUT2D eigenvalue weighted by molar-refractivity contribution is -0.142. The van der Waals surface area contributed by atoms with Crippen molar-refractivity contribution < 1.29 is 19.1 Å². The fraction of sp³-hybridized carbons (Fsp3) is 0.467. The monoisotopic (exact) mass is 294 g/mol. The molecule has 1 aromatic carbocycles. The minimum Gasteiger partial charge on any atom is -0.461 e. The summed E-state index contributed by atoms with van der Waals surface area (Å²) in [5.41, 5.74) is 0.839. The van der Waals surface area contributed by atoms with Gasteiger partial charge in [-0.05, 0) is 31.8 Å². The van der Waals surface area contributed by atoms with E-state index in [0.29, 0.717) is 12.3 Å². The summed E-state index contributed by atoms with van der Waals surface area (Å²) in [5, 5.41) is 0. The van der Waals surface area contributed by atoms with Gasteiger partial charge in [0.05, 0.1) is 0 Å². The van der Waals surface area contributed by atoms with Crippen LogP contribution in [0.15, 0.2) is 24.3 Å². The molecule has 6 heteroatoms. The van der Waals surface area contributed by atoms with Gasteiger partial charge in [0, 0.05) is 27.1 Å². The van der Waals surface area contributed by atoms with E-state index in [1.54, 1.807) is 31.3 Å². The molecule has 0 heterocycles. The van der Waals surface area contributed by atoms with E-state index >= 15 is 0 Å². The number of amides is 1. The zero-order chi connectivity index (χ0) is 15.8. The van der Waals surface area contributed by atoms with Crippen molar-refractivity contribution in [1.29, 1.82) is 0 Å². The van der Waals surface area contributed by atoms with Gasteiger partial charge in [-0.2, -0.15) is 0 Å². The largest absolute Gasteiger partial charge is 0.461 e. The lowest BCUT2D eigenvalue weighted by atomic mass is 10.2. The lowest BCUT2D eigenvalue weighted by Crippen LogP contribution is -2.35. The summed E-state index contributed by atoms with van der Waals surface area (Å²) >= 11 is 0. The Labute approximate surface area is 125 Å². The standard InChI is InChI=1S/C15H22N2O4/c1-12(18)20-11-13-5-7-14(8-6-13)21-15(19)17(4)10-9-16(2)3/h5-8H,9-11H2,1-4H3. The molecule has 0 aliphatic carbocycles. The third kappa shape index (κ3) is 6.76. The number of carbonyl (C=O) groups excluding carboxylic acids is 2. The Morgan fingerprint density at radius 2 is 1.67 bits per heavy atom. The third-order valence-electron chi connectivity index (χ3n) is 2.76. The van der Waals surface area contributed by atoms with Crippen molar-refractivity contribution in [2.75, 3.05) is 34.2 Å². The van der Waals surface area contributed by atoms with Crippen LogP contribution < -0.4 is 4.74 Å². The van der Waals surface area contributed by atoms with E-state index < -0.39 is 6.09 Å². The number of hydrogen-bond acceptors (Lipinski definition) is 5. The summed E-state index contributed by atoms with van der Waals surface area (Å²) < 4.78 is 10.1. The molecular formula is C15H22N2O4. The Hall–Kier alpha value is -2.08. The highest BCUT2D eigenvalue weighted by Crippen LogP contribution is 2.14. The number of nitrogens with zero attached hydrogens (tertiary/aromatic N) is 2. The maximum Gasteiger partial charge on any atom is 0.415 e. The van der Waals surface area contributed by atoms with Crippen molar-refractivity contribution in [2.45, 2.75) is 13.5 Å². The van der Waals surface area contributed by atoms with Crippen molar-refractivity contribution in [3.8, 4) is 5.75 Å². The highest BCUT2D eigenvalue weighted by Gasteiger charge is 2.11. The predicted octanol–water partition coefficient (Wildman–Crippen LogP) is 1.74. The van der Waals surface area contributed by atoms with Crippen LogP contribution in [0.25, 0.3) is 0 Å². The van der Waals surface area contributed by atoms with Crippen LogP contribution in [0.3, 0.4) is 0 Å². The van der Waals surface area contributed by atoms with Gasteiger partial charge in [0.1, 0.15) is 12.4 Å².